The van der Waals surface area contributed by atoms with Crippen LogP contribution in [0.4, 0.5) is 10.1 Å². The van der Waals surface area contributed by atoms with E-state index in [0.717, 1.165) is 12.1 Å². The quantitative estimate of drug-likeness (QED) is 0.799. The fourth-order valence-electron chi connectivity index (χ4n) is 2.76. The Labute approximate surface area is 103 Å². The Morgan fingerprint density at radius 3 is 2.47 bits per heavy atom. The first-order valence-electron chi connectivity index (χ1n) is 6.37. The number of hydrogen-bond donors (Lipinski definition) is 1. The molecule has 0 aromatic heterocycles. The molecule has 1 fully saturated rings. The molecule has 2 rings (SSSR count). The van der Waals surface area contributed by atoms with Crippen LogP contribution in [0.2, 0.25) is 0 Å². The SMILES string of the molecule is CC1CCCC(C)N1Cc1cc(N)cc(F)c1. The molecule has 0 aliphatic carbocycles. The molecule has 94 valence electrons. The van der Waals surface area contributed by atoms with Gasteiger partial charge in [-0.1, -0.05) is 6.42 Å². The van der Waals surface area contributed by atoms with Crippen molar-refractivity contribution in [3.63, 3.8) is 0 Å². The average Bonchev–Trinajstić information content (AvgIpc) is 2.22. The zero-order chi connectivity index (χ0) is 12.4. The van der Waals surface area contributed by atoms with E-state index >= 15 is 0 Å². The van der Waals surface area contributed by atoms with E-state index in [1.165, 1.54) is 25.3 Å². The summed E-state index contributed by atoms with van der Waals surface area (Å²) >= 11 is 0. The number of nitrogens with two attached hydrogens (primary N) is 1. The molecule has 1 aromatic rings. The second kappa shape index (κ2) is 5.05. The molecule has 1 saturated heterocycles. The lowest BCUT2D eigenvalue weighted by Gasteiger charge is -2.39. The first-order chi connectivity index (χ1) is 8.06. The number of nitrogen functional groups attached to an aromatic ring is 1. The van der Waals surface area contributed by atoms with Gasteiger partial charge in [0.1, 0.15) is 5.82 Å². The van der Waals surface area contributed by atoms with Gasteiger partial charge >= 0.3 is 0 Å². The van der Waals surface area contributed by atoms with Crippen LogP contribution < -0.4 is 5.73 Å². The largest absolute Gasteiger partial charge is 0.399 e. The zero-order valence-electron chi connectivity index (χ0n) is 10.6. The van der Waals surface area contributed by atoms with Crippen LogP contribution in [0.3, 0.4) is 0 Å². The molecule has 1 aliphatic heterocycles. The van der Waals surface area contributed by atoms with Crippen LogP contribution in [0, 0.1) is 5.82 Å². The van der Waals surface area contributed by atoms with Crippen molar-refractivity contribution in [3.05, 3.63) is 29.6 Å². The van der Waals surface area contributed by atoms with Crippen LogP contribution in [0.5, 0.6) is 0 Å². The molecule has 1 aromatic carbocycles. The van der Waals surface area contributed by atoms with Crippen molar-refractivity contribution in [1.82, 2.24) is 4.90 Å². The van der Waals surface area contributed by atoms with E-state index in [1.807, 2.05) is 6.07 Å². The Morgan fingerprint density at radius 1 is 1.24 bits per heavy atom. The summed E-state index contributed by atoms with van der Waals surface area (Å²) in [5, 5.41) is 0. The lowest BCUT2D eigenvalue weighted by atomic mass is 9.96. The molecule has 0 amide bonds. The summed E-state index contributed by atoms with van der Waals surface area (Å²) < 4.78 is 13.3. The monoisotopic (exact) mass is 236 g/mol. The normalized spacial score (nSPS) is 26.1. The topological polar surface area (TPSA) is 29.3 Å². The predicted octanol–water partition coefficient (Wildman–Crippen LogP) is 3.17. The molecule has 3 heteroatoms. The van der Waals surface area contributed by atoms with Crippen LogP contribution in [0.1, 0.15) is 38.7 Å². The van der Waals surface area contributed by atoms with Gasteiger partial charge in [0.05, 0.1) is 0 Å². The highest BCUT2D eigenvalue weighted by Gasteiger charge is 2.24. The number of nitrogens with zero attached hydrogens (tertiary/aromatic N) is 1. The van der Waals surface area contributed by atoms with Gasteiger partial charge < -0.3 is 5.73 Å². The Bertz CT molecular complexity index is 362. The van der Waals surface area contributed by atoms with Gasteiger partial charge in [0, 0.05) is 24.3 Å². The lowest BCUT2D eigenvalue weighted by molar-refractivity contribution is 0.0952. The summed E-state index contributed by atoms with van der Waals surface area (Å²) in [7, 11) is 0. The minimum atomic E-state index is -0.239. The van der Waals surface area contributed by atoms with Gasteiger partial charge in [-0.25, -0.2) is 4.39 Å². The molecule has 2 nitrogen and oxygen atoms in total. The molecule has 0 bridgehead atoms. The maximum atomic E-state index is 13.3. The van der Waals surface area contributed by atoms with Crippen molar-refractivity contribution in [2.75, 3.05) is 5.73 Å². The molecule has 1 aliphatic rings. The van der Waals surface area contributed by atoms with E-state index in [-0.39, 0.29) is 5.82 Å². The molecule has 0 radical (unpaired) electrons. The van der Waals surface area contributed by atoms with Crippen LogP contribution >= 0.6 is 0 Å². The molecule has 17 heavy (non-hydrogen) atoms. The second-order valence-corrected chi connectivity index (χ2v) is 5.19. The molecular weight excluding hydrogens is 215 g/mol. The van der Waals surface area contributed by atoms with Gasteiger partial charge in [0.2, 0.25) is 0 Å². The summed E-state index contributed by atoms with van der Waals surface area (Å²) in [5.74, 6) is -0.239. The van der Waals surface area contributed by atoms with Crippen LogP contribution in [-0.2, 0) is 6.54 Å². The Hall–Kier alpha value is -1.09. The lowest BCUT2D eigenvalue weighted by Crippen LogP contribution is -2.42. The van der Waals surface area contributed by atoms with Crippen LogP contribution in [0.15, 0.2) is 18.2 Å². The van der Waals surface area contributed by atoms with Crippen LogP contribution in [-0.4, -0.2) is 17.0 Å². The minimum absolute atomic E-state index is 0.239. The van der Waals surface area contributed by atoms with Crippen molar-refractivity contribution >= 4 is 5.69 Å². The van der Waals surface area contributed by atoms with Crippen molar-refractivity contribution in [2.45, 2.75) is 51.7 Å². The molecule has 2 atom stereocenters. The predicted molar refractivity (Wildman–Crippen MR) is 69.1 cm³/mol. The summed E-state index contributed by atoms with van der Waals surface area (Å²) in [6.45, 7) is 5.29. The smallest absolute Gasteiger partial charge is 0.125 e. The van der Waals surface area contributed by atoms with Gasteiger partial charge in [-0.2, -0.15) is 0 Å². The van der Waals surface area contributed by atoms with E-state index in [1.54, 1.807) is 6.07 Å². The maximum Gasteiger partial charge on any atom is 0.125 e. The zero-order valence-corrected chi connectivity index (χ0v) is 10.6. The number of hydrogen-bond acceptors (Lipinski definition) is 2. The van der Waals surface area contributed by atoms with Crippen molar-refractivity contribution in [2.24, 2.45) is 0 Å². The third-order valence-corrected chi connectivity index (χ3v) is 3.72. The minimum Gasteiger partial charge on any atom is -0.399 e. The van der Waals surface area contributed by atoms with Gasteiger partial charge in [0.25, 0.3) is 0 Å². The number of likely N-dealkylation sites (tertiary alicyclic amines) is 1. The molecule has 0 spiro atoms. The van der Waals surface area contributed by atoms with E-state index in [4.69, 9.17) is 5.73 Å². The van der Waals surface area contributed by atoms with Gasteiger partial charge in [-0.15, -0.1) is 0 Å². The van der Waals surface area contributed by atoms with Crippen LogP contribution in [0.25, 0.3) is 0 Å². The van der Waals surface area contributed by atoms with Crippen molar-refractivity contribution in [1.29, 1.82) is 0 Å². The van der Waals surface area contributed by atoms with E-state index in [2.05, 4.69) is 18.7 Å². The number of anilines is 1. The summed E-state index contributed by atoms with van der Waals surface area (Å²) in [6.07, 6.45) is 3.76. The first-order valence-corrected chi connectivity index (χ1v) is 6.37. The molecule has 2 unspecified atom stereocenters. The molecular formula is C14H21FN2. The maximum absolute atomic E-state index is 13.3. The second-order valence-electron chi connectivity index (χ2n) is 5.19. The number of halogens is 1. The number of piperidine rings is 1. The van der Waals surface area contributed by atoms with Gasteiger partial charge in [-0.05, 0) is 50.5 Å². The average molecular weight is 236 g/mol. The first kappa shape index (κ1) is 12.4. The summed E-state index contributed by atoms with van der Waals surface area (Å²) in [5.41, 5.74) is 7.16. The van der Waals surface area contributed by atoms with Gasteiger partial charge in [-0.3, -0.25) is 4.90 Å². The Kier molecular flexibility index (Phi) is 3.67. The highest BCUT2D eigenvalue weighted by Crippen LogP contribution is 2.25. The fraction of sp³-hybridized carbons (Fsp3) is 0.571. The third-order valence-electron chi connectivity index (χ3n) is 3.72. The van der Waals surface area contributed by atoms with E-state index in [9.17, 15) is 4.39 Å². The standard InChI is InChI=1S/C14H21FN2/c1-10-4-3-5-11(2)17(10)9-12-6-13(15)8-14(16)7-12/h6-8,10-11H,3-5,9,16H2,1-2H3. The summed E-state index contributed by atoms with van der Waals surface area (Å²) in [6, 6.07) is 5.97. The number of benzene rings is 1. The Balaban J connectivity index is 2.13. The molecule has 1 heterocycles. The highest BCUT2D eigenvalue weighted by atomic mass is 19.1. The van der Waals surface area contributed by atoms with Crippen molar-refractivity contribution < 1.29 is 4.39 Å². The van der Waals surface area contributed by atoms with E-state index < -0.39 is 0 Å². The summed E-state index contributed by atoms with van der Waals surface area (Å²) in [4.78, 5) is 2.44. The number of rotatable bonds is 2. The van der Waals surface area contributed by atoms with Crippen molar-refractivity contribution in [3.8, 4) is 0 Å². The fourth-order valence-corrected chi connectivity index (χ4v) is 2.76. The Morgan fingerprint density at radius 2 is 1.88 bits per heavy atom. The molecule has 0 saturated carbocycles. The van der Waals surface area contributed by atoms with Gasteiger partial charge in [0.15, 0.2) is 0 Å². The highest BCUT2D eigenvalue weighted by molar-refractivity contribution is 5.41. The van der Waals surface area contributed by atoms with E-state index in [0.29, 0.717) is 17.8 Å². The molecule has 2 N–H and O–H groups in total. The third kappa shape index (κ3) is 2.97.